The van der Waals surface area contributed by atoms with Crippen molar-refractivity contribution in [2.24, 2.45) is 11.8 Å². The van der Waals surface area contributed by atoms with Crippen LogP contribution < -0.4 is 0 Å². The summed E-state index contributed by atoms with van der Waals surface area (Å²) in [6.45, 7) is 0. The average molecular weight is 261 g/mol. The van der Waals surface area contributed by atoms with Gasteiger partial charge in [-0.25, -0.2) is 0 Å². The molecule has 0 N–H and O–H groups in total. The Bertz CT molecular complexity index is 466. The van der Waals surface area contributed by atoms with Gasteiger partial charge in [0.1, 0.15) is 5.54 Å². The van der Waals surface area contributed by atoms with Crippen LogP contribution >= 0.6 is 11.8 Å². The number of hydrogen-bond acceptors (Lipinski definition) is 4. The maximum Gasteiger partial charge on any atom is 0.168 e. The van der Waals surface area contributed by atoms with Crippen molar-refractivity contribution in [3.63, 3.8) is 0 Å². The van der Waals surface area contributed by atoms with Crippen LogP contribution in [0.25, 0.3) is 0 Å². The van der Waals surface area contributed by atoms with E-state index in [9.17, 15) is 9.59 Å². The molecule has 4 rings (SSSR count). The van der Waals surface area contributed by atoms with Crippen LogP contribution in [0.15, 0.2) is 24.3 Å². The zero-order valence-corrected chi connectivity index (χ0v) is 10.9. The predicted molar refractivity (Wildman–Crippen MR) is 70.2 cm³/mol. The topological polar surface area (TPSA) is 37.4 Å². The van der Waals surface area contributed by atoms with E-state index in [-0.39, 0.29) is 23.4 Å². The molecule has 0 aromatic carbocycles. The van der Waals surface area contributed by atoms with Gasteiger partial charge >= 0.3 is 0 Å². The van der Waals surface area contributed by atoms with Crippen LogP contribution in [0.2, 0.25) is 0 Å². The third kappa shape index (κ3) is 1.11. The molecule has 0 bridgehead atoms. The number of carbonyl (C=O) groups excluding carboxylic acids is 2. The van der Waals surface area contributed by atoms with Crippen molar-refractivity contribution in [3.05, 3.63) is 24.3 Å². The molecule has 18 heavy (non-hydrogen) atoms. The second-order valence-corrected chi connectivity index (χ2v) is 6.57. The van der Waals surface area contributed by atoms with Crippen molar-refractivity contribution in [2.45, 2.75) is 24.4 Å². The van der Waals surface area contributed by atoms with Gasteiger partial charge in [-0.2, -0.15) is 0 Å². The Kier molecular flexibility index (Phi) is 2.19. The lowest BCUT2D eigenvalue weighted by molar-refractivity contribution is -0.136. The van der Waals surface area contributed by atoms with Gasteiger partial charge in [-0.05, 0) is 12.8 Å². The molecule has 94 valence electrons. The first-order valence-electron chi connectivity index (χ1n) is 6.53. The third-order valence-corrected chi connectivity index (χ3v) is 5.95. The molecule has 2 aliphatic heterocycles. The number of ketones is 2. The Morgan fingerprint density at radius 2 is 1.83 bits per heavy atom. The van der Waals surface area contributed by atoms with Gasteiger partial charge in [0.2, 0.25) is 0 Å². The van der Waals surface area contributed by atoms with Crippen LogP contribution in [0.1, 0.15) is 12.8 Å². The summed E-state index contributed by atoms with van der Waals surface area (Å²) >= 11 is 1.85. The highest BCUT2D eigenvalue weighted by molar-refractivity contribution is 7.99. The van der Waals surface area contributed by atoms with E-state index in [0.29, 0.717) is 6.04 Å². The highest BCUT2D eigenvalue weighted by atomic mass is 32.2. The Hall–Kier alpha value is -0.870. The quantitative estimate of drug-likeness (QED) is 0.618. The summed E-state index contributed by atoms with van der Waals surface area (Å²) in [4.78, 5) is 27.7. The molecule has 0 amide bonds. The number of fused-ring (bicyclic) bond motifs is 3. The fourth-order valence-corrected chi connectivity index (χ4v) is 5.33. The van der Waals surface area contributed by atoms with E-state index in [0.717, 1.165) is 24.5 Å². The Morgan fingerprint density at radius 3 is 2.50 bits per heavy atom. The van der Waals surface area contributed by atoms with E-state index in [1.807, 2.05) is 36.1 Å². The Balaban J connectivity index is 1.81. The number of nitrogens with zero attached hydrogens (tertiary/aromatic N) is 1. The number of thioether (sulfide) groups is 1. The summed E-state index contributed by atoms with van der Waals surface area (Å²) < 4.78 is 0. The molecule has 1 saturated carbocycles. The van der Waals surface area contributed by atoms with Crippen molar-refractivity contribution in [2.75, 3.05) is 11.6 Å². The minimum atomic E-state index is -0.775. The van der Waals surface area contributed by atoms with E-state index < -0.39 is 5.54 Å². The molecule has 2 saturated heterocycles. The maximum absolute atomic E-state index is 12.8. The summed E-state index contributed by atoms with van der Waals surface area (Å²) in [6, 6.07) is 0.441. The van der Waals surface area contributed by atoms with E-state index in [4.69, 9.17) is 0 Å². The number of carbonyl (C=O) groups is 2. The number of allylic oxidation sites excluding steroid dienone is 4. The molecule has 4 aliphatic rings. The fraction of sp³-hybridized carbons (Fsp3) is 0.571. The first-order valence-corrected chi connectivity index (χ1v) is 7.69. The smallest absolute Gasteiger partial charge is 0.168 e. The second kappa shape index (κ2) is 3.58. The van der Waals surface area contributed by atoms with Gasteiger partial charge in [-0.3, -0.25) is 14.5 Å². The zero-order chi connectivity index (χ0) is 12.3. The number of Topliss-reactive ketones (excluding diaryl/α,β-unsaturated/α-hetero) is 2. The highest BCUT2D eigenvalue weighted by Crippen LogP contribution is 2.50. The molecule has 3 fully saturated rings. The molecule has 4 heteroatoms. The molecular formula is C14H15NO2S. The number of hydrogen-bond donors (Lipinski definition) is 0. The van der Waals surface area contributed by atoms with Crippen molar-refractivity contribution >= 4 is 23.3 Å². The zero-order valence-electron chi connectivity index (χ0n) is 10.0. The van der Waals surface area contributed by atoms with E-state index in [1.54, 1.807) is 0 Å². The van der Waals surface area contributed by atoms with Crippen LogP contribution in [-0.2, 0) is 9.59 Å². The molecule has 0 aromatic heterocycles. The summed E-state index contributed by atoms with van der Waals surface area (Å²) in [5.74, 6) is 1.82. The predicted octanol–water partition coefficient (Wildman–Crippen LogP) is 1.40. The third-order valence-electron chi connectivity index (χ3n) is 4.87. The van der Waals surface area contributed by atoms with Crippen LogP contribution in [-0.4, -0.2) is 39.7 Å². The van der Waals surface area contributed by atoms with Gasteiger partial charge in [0.15, 0.2) is 11.6 Å². The molecule has 2 aliphatic carbocycles. The lowest BCUT2D eigenvalue weighted by Crippen LogP contribution is -2.54. The van der Waals surface area contributed by atoms with E-state index in [1.165, 1.54) is 0 Å². The maximum atomic E-state index is 12.8. The average Bonchev–Trinajstić information content (AvgIpc) is 3.03. The molecule has 2 heterocycles. The van der Waals surface area contributed by atoms with Crippen LogP contribution in [0.5, 0.6) is 0 Å². The van der Waals surface area contributed by atoms with Gasteiger partial charge in [0, 0.05) is 17.7 Å². The summed E-state index contributed by atoms with van der Waals surface area (Å²) in [7, 11) is 0. The molecule has 3 atom stereocenters. The van der Waals surface area contributed by atoms with E-state index >= 15 is 0 Å². The largest absolute Gasteiger partial charge is 0.296 e. The fourth-order valence-electron chi connectivity index (χ4n) is 3.97. The van der Waals surface area contributed by atoms with Gasteiger partial charge in [0.25, 0.3) is 0 Å². The van der Waals surface area contributed by atoms with Gasteiger partial charge in [-0.1, -0.05) is 24.3 Å². The van der Waals surface area contributed by atoms with Crippen LogP contribution in [0.3, 0.4) is 0 Å². The molecular weight excluding hydrogens is 246 g/mol. The number of rotatable bonds is 0. The van der Waals surface area contributed by atoms with Crippen molar-refractivity contribution in [3.8, 4) is 0 Å². The van der Waals surface area contributed by atoms with Gasteiger partial charge in [0.05, 0.1) is 11.8 Å². The lowest BCUT2D eigenvalue weighted by Gasteiger charge is -2.31. The standard InChI is InChI=1S/C14H15NO2S/c16-12-10-3-1-2-4-11(10)13(17)14(12)6-5-9-7-18-8-15(9)14/h1-4,9-11H,5-8H2. The Morgan fingerprint density at radius 1 is 1.17 bits per heavy atom. The van der Waals surface area contributed by atoms with Crippen molar-refractivity contribution in [1.82, 2.24) is 4.90 Å². The lowest BCUT2D eigenvalue weighted by atomic mass is 9.90. The van der Waals surface area contributed by atoms with Gasteiger partial charge in [-0.15, -0.1) is 11.8 Å². The minimum Gasteiger partial charge on any atom is -0.296 e. The summed E-state index contributed by atoms with van der Waals surface area (Å²) in [5.41, 5.74) is -0.775. The first kappa shape index (κ1) is 11.0. The van der Waals surface area contributed by atoms with E-state index in [2.05, 4.69) is 4.90 Å². The molecule has 3 nitrogen and oxygen atoms in total. The SMILES string of the molecule is O=C1C2C=CC=CC2C(=O)C12CCC1CSCN12. The van der Waals surface area contributed by atoms with Crippen LogP contribution in [0.4, 0.5) is 0 Å². The molecule has 3 unspecified atom stereocenters. The first-order chi connectivity index (χ1) is 8.75. The van der Waals surface area contributed by atoms with Crippen molar-refractivity contribution < 1.29 is 9.59 Å². The Labute approximate surface area is 110 Å². The highest BCUT2D eigenvalue weighted by Gasteiger charge is 2.65. The normalized spacial score (nSPS) is 46.1. The summed E-state index contributed by atoms with van der Waals surface area (Å²) in [6.07, 6.45) is 9.36. The minimum absolute atomic E-state index is 0.156. The van der Waals surface area contributed by atoms with Crippen molar-refractivity contribution in [1.29, 1.82) is 0 Å². The summed E-state index contributed by atoms with van der Waals surface area (Å²) in [5, 5.41) is 0. The molecule has 0 radical (unpaired) electrons. The molecule has 1 spiro atoms. The molecule has 0 aromatic rings. The van der Waals surface area contributed by atoms with Gasteiger partial charge < -0.3 is 0 Å². The monoisotopic (exact) mass is 261 g/mol. The second-order valence-electron chi connectivity index (χ2n) is 5.57. The van der Waals surface area contributed by atoms with Crippen LogP contribution in [0, 0.1) is 11.8 Å².